The quantitative estimate of drug-likeness (QED) is 0.665. The van der Waals surface area contributed by atoms with Crippen LogP contribution in [0.15, 0.2) is 0 Å². The second kappa shape index (κ2) is 5.70. The van der Waals surface area contributed by atoms with E-state index in [1.165, 1.54) is 18.9 Å². The van der Waals surface area contributed by atoms with E-state index in [4.69, 9.17) is 5.11 Å². The summed E-state index contributed by atoms with van der Waals surface area (Å²) in [5.41, 5.74) is 0. The van der Waals surface area contributed by atoms with Crippen molar-refractivity contribution in [1.82, 2.24) is 5.32 Å². The molecule has 2 N–H and O–H groups in total. The van der Waals surface area contributed by atoms with Gasteiger partial charge >= 0.3 is 12.1 Å². The van der Waals surface area contributed by atoms with Crippen LogP contribution in [-0.2, 0) is 9.53 Å². The summed E-state index contributed by atoms with van der Waals surface area (Å²) in [6, 6.07) is -0.882. The van der Waals surface area contributed by atoms with E-state index in [1.807, 2.05) is 0 Å². The van der Waals surface area contributed by atoms with E-state index >= 15 is 0 Å². The minimum atomic E-state index is -1.06. The molecule has 0 saturated heterocycles. The Hall–Kier alpha value is -0.910. The Balaban J connectivity index is 3.95. The molecule has 0 aromatic rings. The van der Waals surface area contributed by atoms with E-state index in [0.717, 1.165) is 0 Å². The zero-order valence-electron chi connectivity index (χ0n) is 6.86. The molecule has 0 fully saturated rings. The molecule has 0 saturated carbocycles. The van der Waals surface area contributed by atoms with E-state index in [1.54, 1.807) is 6.26 Å². The molecule has 0 bridgehead atoms. The van der Waals surface area contributed by atoms with Gasteiger partial charge in [-0.05, 0) is 6.26 Å². The maximum Gasteiger partial charge on any atom is 0.407 e. The second-order valence-electron chi connectivity index (χ2n) is 1.98. The molecule has 6 heteroatoms. The lowest BCUT2D eigenvalue weighted by Crippen LogP contribution is -2.42. The van der Waals surface area contributed by atoms with E-state index in [0.29, 0.717) is 5.75 Å². The van der Waals surface area contributed by atoms with Crippen LogP contribution < -0.4 is 5.32 Å². The van der Waals surface area contributed by atoms with Crippen LogP contribution >= 0.6 is 11.8 Å². The van der Waals surface area contributed by atoms with Crippen LogP contribution in [0.3, 0.4) is 0 Å². The highest BCUT2D eigenvalue weighted by Gasteiger charge is 2.18. The Morgan fingerprint density at radius 1 is 1.67 bits per heavy atom. The normalized spacial score (nSPS) is 11.8. The van der Waals surface area contributed by atoms with Gasteiger partial charge in [-0.2, -0.15) is 11.8 Å². The number of nitrogens with one attached hydrogen (secondary N) is 1. The lowest BCUT2D eigenvalue weighted by atomic mass is 10.3. The van der Waals surface area contributed by atoms with Crippen LogP contribution in [0.1, 0.15) is 0 Å². The number of hydrogen-bond donors (Lipinski definition) is 2. The third-order valence-corrected chi connectivity index (χ3v) is 1.78. The van der Waals surface area contributed by atoms with Crippen molar-refractivity contribution < 1.29 is 19.4 Å². The van der Waals surface area contributed by atoms with Crippen molar-refractivity contribution >= 4 is 23.8 Å². The fraction of sp³-hybridized carbons (Fsp3) is 0.667. The molecule has 0 aliphatic rings. The van der Waals surface area contributed by atoms with Gasteiger partial charge in [0.2, 0.25) is 0 Å². The molecule has 0 unspecified atom stereocenters. The number of ether oxygens (including phenoxy) is 1. The fourth-order valence-corrected chi connectivity index (χ4v) is 1.10. The third-order valence-electron chi connectivity index (χ3n) is 1.11. The first-order valence-electron chi connectivity index (χ1n) is 3.18. The summed E-state index contributed by atoms with van der Waals surface area (Å²) < 4.78 is 4.25. The van der Waals surface area contributed by atoms with Crippen LogP contribution in [0.2, 0.25) is 0 Å². The number of amides is 1. The minimum Gasteiger partial charge on any atom is -0.480 e. The predicted molar refractivity (Wildman–Crippen MR) is 45.3 cm³/mol. The number of rotatable bonds is 4. The molecule has 0 spiro atoms. The molecule has 0 radical (unpaired) electrons. The maximum absolute atomic E-state index is 10.6. The smallest absolute Gasteiger partial charge is 0.407 e. The van der Waals surface area contributed by atoms with Crippen molar-refractivity contribution in [2.24, 2.45) is 0 Å². The van der Waals surface area contributed by atoms with Crippen molar-refractivity contribution in [1.29, 1.82) is 0 Å². The number of methoxy groups -OCH3 is 1. The number of hydrogen-bond acceptors (Lipinski definition) is 4. The van der Waals surface area contributed by atoms with E-state index in [-0.39, 0.29) is 0 Å². The number of aliphatic carboxylic acids is 1. The van der Waals surface area contributed by atoms with Crippen molar-refractivity contribution in [3.63, 3.8) is 0 Å². The molecule has 0 heterocycles. The molecule has 0 rings (SSSR count). The molecule has 0 aromatic heterocycles. The molecule has 1 amide bonds. The first kappa shape index (κ1) is 11.1. The number of carboxylic acid groups (broad SMARTS) is 1. The molecular formula is C6H11NO4S. The lowest BCUT2D eigenvalue weighted by Gasteiger charge is -2.11. The van der Waals surface area contributed by atoms with Crippen molar-refractivity contribution in [2.75, 3.05) is 19.1 Å². The average molecular weight is 193 g/mol. The van der Waals surface area contributed by atoms with Crippen LogP contribution in [-0.4, -0.2) is 42.3 Å². The lowest BCUT2D eigenvalue weighted by molar-refractivity contribution is -0.138. The summed E-state index contributed by atoms with van der Waals surface area (Å²) in [5, 5.41) is 10.8. The summed E-state index contributed by atoms with van der Waals surface area (Å²) in [6.45, 7) is 0. The topological polar surface area (TPSA) is 75.6 Å². The van der Waals surface area contributed by atoms with Gasteiger partial charge in [-0.15, -0.1) is 0 Å². The standard InChI is InChI=1S/C6H11NO4S/c1-11-6(10)7-4(3-12-2)5(8)9/h4H,3H2,1-2H3,(H,7,10)(H,8,9)/t4-/m0/s1. The molecule has 5 nitrogen and oxygen atoms in total. The van der Waals surface area contributed by atoms with E-state index in [2.05, 4.69) is 10.1 Å². The van der Waals surface area contributed by atoms with Gasteiger partial charge in [0.15, 0.2) is 0 Å². The largest absolute Gasteiger partial charge is 0.480 e. The fourth-order valence-electron chi connectivity index (χ4n) is 0.543. The average Bonchev–Trinajstić information content (AvgIpc) is 2.03. The summed E-state index contributed by atoms with van der Waals surface area (Å²) in [4.78, 5) is 21.1. The van der Waals surface area contributed by atoms with Gasteiger partial charge in [0.1, 0.15) is 6.04 Å². The van der Waals surface area contributed by atoms with Crippen molar-refractivity contribution in [3.05, 3.63) is 0 Å². The SMILES string of the molecule is COC(=O)N[C@@H](CSC)C(=O)O. The van der Waals surface area contributed by atoms with Crippen LogP contribution in [0.5, 0.6) is 0 Å². The maximum atomic E-state index is 10.6. The van der Waals surface area contributed by atoms with Gasteiger partial charge in [0, 0.05) is 5.75 Å². The molecule has 0 aliphatic heterocycles. The minimum absolute atomic E-state index is 0.324. The number of carbonyl (C=O) groups excluding carboxylic acids is 1. The van der Waals surface area contributed by atoms with Gasteiger partial charge in [-0.1, -0.05) is 0 Å². The van der Waals surface area contributed by atoms with Crippen molar-refractivity contribution in [2.45, 2.75) is 6.04 Å². The Morgan fingerprint density at radius 3 is 2.58 bits per heavy atom. The Labute approximate surface area is 74.5 Å². The van der Waals surface area contributed by atoms with Gasteiger partial charge in [-0.3, -0.25) is 0 Å². The van der Waals surface area contributed by atoms with Crippen molar-refractivity contribution in [3.8, 4) is 0 Å². The zero-order chi connectivity index (χ0) is 9.56. The summed E-state index contributed by atoms with van der Waals surface area (Å²) in [7, 11) is 1.19. The Kier molecular flexibility index (Phi) is 5.27. The Bertz CT molecular complexity index is 171. The molecule has 1 atom stereocenters. The van der Waals surface area contributed by atoms with Crippen LogP contribution in [0.4, 0.5) is 4.79 Å². The summed E-state index contributed by atoms with van der Waals surface area (Å²) >= 11 is 1.34. The molecular weight excluding hydrogens is 182 g/mol. The van der Waals surface area contributed by atoms with E-state index < -0.39 is 18.1 Å². The van der Waals surface area contributed by atoms with Gasteiger partial charge in [-0.25, -0.2) is 9.59 Å². The first-order valence-corrected chi connectivity index (χ1v) is 4.57. The van der Waals surface area contributed by atoms with Crippen LogP contribution in [0.25, 0.3) is 0 Å². The summed E-state index contributed by atoms with van der Waals surface area (Å²) in [6.07, 6.45) is 1.03. The van der Waals surface area contributed by atoms with Crippen LogP contribution in [0, 0.1) is 0 Å². The molecule has 12 heavy (non-hydrogen) atoms. The number of carbonyl (C=O) groups is 2. The molecule has 0 aromatic carbocycles. The zero-order valence-corrected chi connectivity index (χ0v) is 7.68. The highest BCUT2D eigenvalue weighted by molar-refractivity contribution is 7.98. The highest BCUT2D eigenvalue weighted by Crippen LogP contribution is 1.97. The predicted octanol–water partition coefficient (Wildman–Crippen LogP) is 0.159. The van der Waals surface area contributed by atoms with Gasteiger partial charge in [0.25, 0.3) is 0 Å². The highest BCUT2D eigenvalue weighted by atomic mass is 32.2. The van der Waals surface area contributed by atoms with E-state index in [9.17, 15) is 9.59 Å². The third kappa shape index (κ3) is 4.07. The number of alkyl carbamates (subject to hydrolysis) is 1. The van der Waals surface area contributed by atoms with Gasteiger partial charge < -0.3 is 15.2 Å². The number of thioether (sulfide) groups is 1. The molecule has 70 valence electrons. The monoisotopic (exact) mass is 193 g/mol. The number of carboxylic acids is 1. The first-order chi connectivity index (χ1) is 5.61. The van der Waals surface area contributed by atoms with Gasteiger partial charge in [0.05, 0.1) is 7.11 Å². The molecule has 0 aliphatic carbocycles. The Morgan fingerprint density at radius 2 is 2.25 bits per heavy atom. The second-order valence-corrected chi connectivity index (χ2v) is 2.89. The summed E-state index contributed by atoms with van der Waals surface area (Å²) in [5.74, 6) is -0.737.